The van der Waals surface area contributed by atoms with Crippen LogP contribution in [0.3, 0.4) is 0 Å². The fourth-order valence-corrected chi connectivity index (χ4v) is 2.37. The van der Waals surface area contributed by atoms with Gasteiger partial charge in [-0.05, 0) is 45.4 Å². The zero-order valence-electron chi connectivity index (χ0n) is 11.0. The zero-order chi connectivity index (χ0) is 13.5. The molecule has 0 radical (unpaired) electrons. The minimum Gasteiger partial charge on any atom is -0.481 e. The van der Waals surface area contributed by atoms with Crippen molar-refractivity contribution in [3.63, 3.8) is 0 Å². The molecule has 1 unspecified atom stereocenters. The summed E-state index contributed by atoms with van der Waals surface area (Å²) in [5, 5.41) is 11.9. The van der Waals surface area contributed by atoms with Crippen molar-refractivity contribution < 1.29 is 14.7 Å². The van der Waals surface area contributed by atoms with Crippen LogP contribution >= 0.6 is 0 Å². The minimum absolute atomic E-state index is 0.0643. The number of nitrogens with one attached hydrogen (secondary N) is 1. The molecule has 18 heavy (non-hydrogen) atoms. The summed E-state index contributed by atoms with van der Waals surface area (Å²) in [5.74, 6) is -0.873. The number of hydrogen-bond donors (Lipinski definition) is 3. The fraction of sp³-hybridized carbons (Fsp3) is 0.846. The number of nitrogens with two attached hydrogens (primary N) is 1. The van der Waals surface area contributed by atoms with Gasteiger partial charge < -0.3 is 16.2 Å². The van der Waals surface area contributed by atoms with E-state index in [9.17, 15) is 9.59 Å². The van der Waals surface area contributed by atoms with E-state index in [1.165, 1.54) is 0 Å². The largest absolute Gasteiger partial charge is 0.481 e. The average Bonchev–Trinajstić information content (AvgIpc) is 2.29. The summed E-state index contributed by atoms with van der Waals surface area (Å²) in [6, 6.07) is 0.298. The number of aliphatic carboxylic acids is 1. The van der Waals surface area contributed by atoms with Crippen LogP contribution in [0.15, 0.2) is 0 Å². The third-order valence-electron chi connectivity index (χ3n) is 3.50. The van der Waals surface area contributed by atoms with Crippen LogP contribution in [0.2, 0.25) is 0 Å². The Balaban J connectivity index is 2.16. The van der Waals surface area contributed by atoms with Crippen molar-refractivity contribution >= 4 is 11.9 Å². The molecule has 0 bridgehead atoms. The molecule has 1 saturated carbocycles. The number of carbonyl (C=O) groups excluding carboxylic acids is 1. The highest BCUT2D eigenvalue weighted by molar-refractivity contribution is 5.76. The minimum atomic E-state index is -0.711. The van der Waals surface area contributed by atoms with Gasteiger partial charge in [0.2, 0.25) is 5.91 Å². The summed E-state index contributed by atoms with van der Waals surface area (Å²) in [6.07, 6.45) is 5.07. The lowest BCUT2D eigenvalue weighted by atomic mass is 9.86. The summed E-state index contributed by atoms with van der Waals surface area (Å²) in [5.41, 5.74) is 5.62. The molecular weight excluding hydrogens is 232 g/mol. The van der Waals surface area contributed by atoms with Gasteiger partial charge in [0.15, 0.2) is 0 Å². The molecule has 0 heterocycles. The smallest absolute Gasteiger partial charge is 0.306 e. The first-order chi connectivity index (χ1) is 8.49. The predicted molar refractivity (Wildman–Crippen MR) is 69.0 cm³/mol. The van der Waals surface area contributed by atoms with Crippen molar-refractivity contribution in [1.29, 1.82) is 0 Å². The number of carboxylic acids is 1. The monoisotopic (exact) mass is 256 g/mol. The van der Waals surface area contributed by atoms with Gasteiger partial charge in [0.05, 0.1) is 5.92 Å². The van der Waals surface area contributed by atoms with E-state index < -0.39 is 5.97 Å². The average molecular weight is 256 g/mol. The zero-order valence-corrected chi connectivity index (χ0v) is 11.0. The number of carboxylic acid groups (broad SMARTS) is 1. The SMILES string of the molecule is CC(N)CCCC(=O)NC1CCC(C(=O)O)CC1. The first kappa shape index (κ1) is 15.0. The standard InChI is InChI=1S/C13H24N2O3/c1-9(14)3-2-4-12(16)15-11-7-5-10(6-8-11)13(17)18/h9-11H,2-8,14H2,1H3,(H,15,16)(H,17,18). The molecule has 1 rings (SSSR count). The van der Waals surface area contributed by atoms with Gasteiger partial charge in [0.25, 0.3) is 0 Å². The highest BCUT2D eigenvalue weighted by Gasteiger charge is 2.26. The van der Waals surface area contributed by atoms with E-state index in [4.69, 9.17) is 10.8 Å². The van der Waals surface area contributed by atoms with Crippen LogP contribution in [0, 0.1) is 5.92 Å². The number of carbonyl (C=O) groups is 2. The molecule has 0 spiro atoms. The third-order valence-corrected chi connectivity index (χ3v) is 3.50. The van der Waals surface area contributed by atoms with Crippen molar-refractivity contribution in [2.24, 2.45) is 11.7 Å². The van der Waals surface area contributed by atoms with Crippen molar-refractivity contribution in [2.75, 3.05) is 0 Å². The normalized spacial score (nSPS) is 25.4. The summed E-state index contributed by atoms with van der Waals surface area (Å²) >= 11 is 0. The second-order valence-electron chi connectivity index (χ2n) is 5.32. The van der Waals surface area contributed by atoms with Crippen LogP contribution < -0.4 is 11.1 Å². The fourth-order valence-electron chi connectivity index (χ4n) is 2.37. The van der Waals surface area contributed by atoms with E-state index in [1.807, 2.05) is 6.92 Å². The highest BCUT2D eigenvalue weighted by atomic mass is 16.4. The van der Waals surface area contributed by atoms with Crippen LogP contribution in [0.1, 0.15) is 51.9 Å². The molecule has 0 aromatic heterocycles. The van der Waals surface area contributed by atoms with Gasteiger partial charge in [-0.1, -0.05) is 0 Å². The second kappa shape index (κ2) is 7.36. The second-order valence-corrected chi connectivity index (χ2v) is 5.32. The van der Waals surface area contributed by atoms with E-state index in [0.717, 1.165) is 25.7 Å². The maximum atomic E-state index is 11.6. The lowest BCUT2D eigenvalue weighted by molar-refractivity contribution is -0.142. The Labute approximate surface area is 108 Å². The molecule has 0 saturated heterocycles. The summed E-state index contributed by atoms with van der Waals surface area (Å²) < 4.78 is 0. The molecule has 0 aromatic carbocycles. The molecule has 0 aromatic rings. The molecule has 5 heteroatoms. The quantitative estimate of drug-likeness (QED) is 0.667. The highest BCUT2D eigenvalue weighted by Crippen LogP contribution is 2.24. The number of hydrogen-bond acceptors (Lipinski definition) is 3. The summed E-state index contributed by atoms with van der Waals surface area (Å²) in [6.45, 7) is 1.94. The van der Waals surface area contributed by atoms with Crippen LogP contribution in [-0.2, 0) is 9.59 Å². The molecule has 1 aliphatic rings. The molecule has 1 aliphatic carbocycles. The Bertz CT molecular complexity index is 284. The number of rotatable bonds is 6. The maximum Gasteiger partial charge on any atom is 0.306 e. The molecule has 5 nitrogen and oxygen atoms in total. The van der Waals surface area contributed by atoms with Crippen LogP contribution in [0.4, 0.5) is 0 Å². The van der Waals surface area contributed by atoms with E-state index in [-0.39, 0.29) is 23.9 Å². The van der Waals surface area contributed by atoms with Gasteiger partial charge in [0.1, 0.15) is 0 Å². The third kappa shape index (κ3) is 5.49. The van der Waals surface area contributed by atoms with Crippen molar-refractivity contribution in [3.8, 4) is 0 Å². The molecule has 1 amide bonds. The van der Waals surface area contributed by atoms with Crippen molar-refractivity contribution in [3.05, 3.63) is 0 Å². The maximum absolute atomic E-state index is 11.6. The number of amides is 1. The molecule has 1 atom stereocenters. The van der Waals surface area contributed by atoms with Gasteiger partial charge in [-0.25, -0.2) is 0 Å². The summed E-state index contributed by atoms with van der Waals surface area (Å²) in [7, 11) is 0. The van der Waals surface area contributed by atoms with Crippen molar-refractivity contribution in [2.45, 2.75) is 64.0 Å². The molecular formula is C13H24N2O3. The molecule has 4 N–H and O–H groups in total. The Morgan fingerprint density at radius 1 is 1.33 bits per heavy atom. The van der Waals surface area contributed by atoms with Crippen LogP contribution in [0.5, 0.6) is 0 Å². The first-order valence-corrected chi connectivity index (χ1v) is 6.76. The predicted octanol–water partition coefficient (Wildman–Crippen LogP) is 1.26. The van der Waals surface area contributed by atoms with Gasteiger partial charge in [-0.2, -0.15) is 0 Å². The van der Waals surface area contributed by atoms with Gasteiger partial charge in [-0.15, -0.1) is 0 Å². The Morgan fingerprint density at radius 2 is 1.94 bits per heavy atom. The van der Waals surface area contributed by atoms with Gasteiger partial charge in [-0.3, -0.25) is 9.59 Å². The first-order valence-electron chi connectivity index (χ1n) is 6.76. The van der Waals surface area contributed by atoms with E-state index in [2.05, 4.69) is 5.32 Å². The van der Waals surface area contributed by atoms with Gasteiger partial charge in [0, 0.05) is 18.5 Å². The summed E-state index contributed by atoms with van der Waals surface area (Å²) in [4.78, 5) is 22.4. The van der Waals surface area contributed by atoms with Crippen molar-refractivity contribution in [1.82, 2.24) is 5.32 Å². The lowest BCUT2D eigenvalue weighted by Crippen LogP contribution is -2.38. The Kier molecular flexibility index (Phi) is 6.12. The molecule has 104 valence electrons. The van der Waals surface area contributed by atoms with Crippen LogP contribution in [-0.4, -0.2) is 29.1 Å². The molecule has 1 fully saturated rings. The van der Waals surface area contributed by atoms with E-state index in [0.29, 0.717) is 19.3 Å². The van der Waals surface area contributed by atoms with E-state index in [1.54, 1.807) is 0 Å². The van der Waals surface area contributed by atoms with Crippen LogP contribution in [0.25, 0.3) is 0 Å². The Morgan fingerprint density at radius 3 is 2.44 bits per heavy atom. The molecule has 0 aliphatic heterocycles. The Hall–Kier alpha value is -1.10. The topological polar surface area (TPSA) is 92.4 Å². The van der Waals surface area contributed by atoms with E-state index >= 15 is 0 Å². The van der Waals surface area contributed by atoms with Gasteiger partial charge >= 0.3 is 5.97 Å². The lowest BCUT2D eigenvalue weighted by Gasteiger charge is -2.26.